The van der Waals surface area contributed by atoms with Crippen molar-refractivity contribution in [3.63, 3.8) is 0 Å². The molecule has 1 amide bonds. The van der Waals surface area contributed by atoms with Gasteiger partial charge in [-0.1, -0.05) is 40.2 Å². The van der Waals surface area contributed by atoms with Gasteiger partial charge in [0.15, 0.2) is 4.80 Å². The lowest BCUT2D eigenvalue weighted by molar-refractivity contribution is -0.385. The molecule has 0 atom stereocenters. The third-order valence-corrected chi connectivity index (χ3v) is 5.42. The first-order valence-electron chi connectivity index (χ1n) is 7.63. The molecule has 8 heteroatoms. The molecule has 26 heavy (non-hydrogen) atoms. The zero-order valence-corrected chi connectivity index (χ0v) is 16.4. The summed E-state index contributed by atoms with van der Waals surface area (Å²) in [5, 5.41) is 11.1. The predicted molar refractivity (Wildman–Crippen MR) is 104 cm³/mol. The maximum absolute atomic E-state index is 12.5. The van der Waals surface area contributed by atoms with E-state index in [0.717, 1.165) is 20.6 Å². The molecule has 1 heterocycles. The number of benzene rings is 2. The molecule has 0 spiro atoms. The monoisotopic (exact) mass is 431 g/mol. The second-order valence-electron chi connectivity index (χ2n) is 5.55. The Morgan fingerprint density at radius 1 is 1.19 bits per heavy atom. The molecule has 0 unspecified atom stereocenters. The minimum atomic E-state index is -0.628. The van der Waals surface area contributed by atoms with Gasteiger partial charge in [-0.3, -0.25) is 14.9 Å². The highest BCUT2D eigenvalue weighted by molar-refractivity contribution is 9.10. The molecular formula is C18H14BrN3O3S. The summed E-state index contributed by atoms with van der Waals surface area (Å²) in [6.45, 7) is 1.95. The van der Waals surface area contributed by atoms with Crippen LogP contribution in [0.1, 0.15) is 15.2 Å². The Morgan fingerprint density at radius 2 is 1.85 bits per heavy atom. The number of nitrogens with zero attached hydrogens (tertiary/aromatic N) is 3. The van der Waals surface area contributed by atoms with Gasteiger partial charge in [0.05, 0.1) is 10.6 Å². The Morgan fingerprint density at radius 3 is 2.50 bits per heavy atom. The molecule has 0 aliphatic carbocycles. The van der Waals surface area contributed by atoms with Crippen LogP contribution >= 0.6 is 27.3 Å². The molecule has 0 saturated carbocycles. The summed E-state index contributed by atoms with van der Waals surface area (Å²) in [6.07, 6.45) is 0. The van der Waals surface area contributed by atoms with Crippen LogP contribution in [0.15, 0.2) is 58.0 Å². The average molecular weight is 432 g/mol. The van der Waals surface area contributed by atoms with Gasteiger partial charge in [-0.2, -0.15) is 4.99 Å². The maximum Gasteiger partial charge on any atom is 0.286 e. The maximum atomic E-state index is 12.5. The topological polar surface area (TPSA) is 77.5 Å². The molecule has 3 aromatic rings. The molecule has 6 nitrogen and oxygen atoms in total. The SMILES string of the molecule is Cc1sc(=NC(=O)c2ccccc2[N+](=O)[O-])n(C)c1-c1ccc(Br)cc1. The number of carbonyl (C=O) groups excluding carboxylic acids is 1. The summed E-state index contributed by atoms with van der Waals surface area (Å²) in [4.78, 5) is 28.7. The van der Waals surface area contributed by atoms with E-state index in [1.54, 1.807) is 6.07 Å². The highest BCUT2D eigenvalue weighted by Crippen LogP contribution is 2.26. The van der Waals surface area contributed by atoms with Crippen molar-refractivity contribution in [2.24, 2.45) is 12.0 Å². The molecule has 0 aliphatic heterocycles. The third kappa shape index (κ3) is 3.51. The van der Waals surface area contributed by atoms with E-state index in [1.807, 2.05) is 42.8 Å². The number of hydrogen-bond donors (Lipinski definition) is 0. The van der Waals surface area contributed by atoms with Crippen molar-refractivity contribution in [3.05, 3.63) is 78.4 Å². The number of halogens is 1. The normalized spacial score (nSPS) is 11.6. The second-order valence-corrected chi connectivity index (χ2v) is 7.64. The summed E-state index contributed by atoms with van der Waals surface area (Å²) in [7, 11) is 1.83. The van der Waals surface area contributed by atoms with Gasteiger partial charge >= 0.3 is 0 Å². The van der Waals surface area contributed by atoms with E-state index in [9.17, 15) is 14.9 Å². The minimum absolute atomic E-state index is 0.0197. The van der Waals surface area contributed by atoms with E-state index in [2.05, 4.69) is 20.9 Å². The number of carbonyl (C=O) groups is 1. The van der Waals surface area contributed by atoms with E-state index in [4.69, 9.17) is 0 Å². The number of rotatable bonds is 3. The Labute approximate surface area is 161 Å². The zero-order valence-electron chi connectivity index (χ0n) is 14.0. The van der Waals surface area contributed by atoms with Crippen LogP contribution < -0.4 is 4.80 Å². The van der Waals surface area contributed by atoms with E-state index in [-0.39, 0.29) is 11.3 Å². The highest BCUT2D eigenvalue weighted by Gasteiger charge is 2.19. The van der Waals surface area contributed by atoms with Crippen LogP contribution in [0.25, 0.3) is 11.3 Å². The Balaban J connectivity index is 2.08. The van der Waals surface area contributed by atoms with Crippen LogP contribution in [0.4, 0.5) is 5.69 Å². The van der Waals surface area contributed by atoms with Crippen molar-refractivity contribution in [1.29, 1.82) is 0 Å². The van der Waals surface area contributed by atoms with Crippen LogP contribution in [0.5, 0.6) is 0 Å². The Bertz CT molecular complexity index is 1070. The van der Waals surface area contributed by atoms with Crippen molar-refractivity contribution >= 4 is 38.9 Å². The van der Waals surface area contributed by atoms with Crippen LogP contribution in [0.3, 0.4) is 0 Å². The minimum Gasteiger partial charge on any atom is -0.319 e. The Hall–Kier alpha value is -2.58. The fraction of sp³-hybridized carbons (Fsp3) is 0.111. The van der Waals surface area contributed by atoms with E-state index in [1.165, 1.54) is 29.5 Å². The average Bonchev–Trinajstić information content (AvgIpc) is 2.89. The molecule has 132 valence electrons. The number of thiazole rings is 1. The molecule has 0 aliphatic rings. The van der Waals surface area contributed by atoms with Gasteiger partial charge in [-0.15, -0.1) is 11.3 Å². The van der Waals surface area contributed by atoms with Gasteiger partial charge in [-0.25, -0.2) is 0 Å². The number of hydrogen-bond acceptors (Lipinski definition) is 4. The first-order valence-corrected chi connectivity index (χ1v) is 9.24. The van der Waals surface area contributed by atoms with Gasteiger partial charge in [0.2, 0.25) is 0 Å². The summed E-state index contributed by atoms with van der Waals surface area (Å²) >= 11 is 4.79. The third-order valence-electron chi connectivity index (χ3n) is 3.85. The molecule has 0 radical (unpaired) electrons. The largest absolute Gasteiger partial charge is 0.319 e. The summed E-state index contributed by atoms with van der Waals surface area (Å²) < 4.78 is 2.81. The summed E-state index contributed by atoms with van der Waals surface area (Å²) in [6, 6.07) is 13.7. The van der Waals surface area contributed by atoms with Gasteiger partial charge in [0, 0.05) is 22.5 Å². The molecular weight excluding hydrogens is 418 g/mol. The predicted octanol–water partition coefficient (Wildman–Crippen LogP) is 4.47. The molecule has 3 rings (SSSR count). The summed E-state index contributed by atoms with van der Waals surface area (Å²) in [5.41, 5.74) is 1.69. The lowest BCUT2D eigenvalue weighted by Gasteiger charge is -2.05. The van der Waals surface area contributed by atoms with Crippen molar-refractivity contribution in [2.75, 3.05) is 0 Å². The van der Waals surface area contributed by atoms with Crippen molar-refractivity contribution in [1.82, 2.24) is 4.57 Å². The van der Waals surface area contributed by atoms with Gasteiger partial charge < -0.3 is 4.57 Å². The zero-order chi connectivity index (χ0) is 18.8. The van der Waals surface area contributed by atoms with Crippen molar-refractivity contribution in [2.45, 2.75) is 6.92 Å². The number of nitro groups is 1. The number of para-hydroxylation sites is 1. The standard InChI is InChI=1S/C18H14BrN3O3S/c1-11-16(12-7-9-13(19)10-8-12)21(2)18(26-11)20-17(23)14-5-3-4-6-15(14)22(24)25/h3-10H,1-2H3. The lowest BCUT2D eigenvalue weighted by atomic mass is 10.1. The lowest BCUT2D eigenvalue weighted by Crippen LogP contribution is -2.15. The van der Waals surface area contributed by atoms with Crippen LogP contribution in [0, 0.1) is 17.0 Å². The fourth-order valence-corrected chi connectivity index (χ4v) is 3.90. The molecule has 2 aromatic carbocycles. The number of aromatic nitrogens is 1. The number of amides is 1. The van der Waals surface area contributed by atoms with Crippen LogP contribution in [-0.4, -0.2) is 15.4 Å². The first kappa shape index (κ1) is 18.2. The first-order chi connectivity index (χ1) is 12.4. The number of aryl methyl sites for hydroxylation is 1. The quantitative estimate of drug-likeness (QED) is 0.453. The molecule has 0 N–H and O–H groups in total. The molecule has 0 bridgehead atoms. The van der Waals surface area contributed by atoms with E-state index in [0.29, 0.717) is 4.80 Å². The fourth-order valence-electron chi connectivity index (χ4n) is 2.65. The van der Waals surface area contributed by atoms with Crippen molar-refractivity contribution in [3.8, 4) is 11.3 Å². The van der Waals surface area contributed by atoms with E-state index < -0.39 is 10.8 Å². The van der Waals surface area contributed by atoms with Gasteiger partial charge in [0.1, 0.15) is 5.56 Å². The van der Waals surface area contributed by atoms with Gasteiger partial charge in [-0.05, 0) is 30.7 Å². The molecule has 1 aromatic heterocycles. The van der Waals surface area contributed by atoms with Gasteiger partial charge in [0.25, 0.3) is 11.6 Å². The van der Waals surface area contributed by atoms with Crippen molar-refractivity contribution < 1.29 is 9.72 Å². The number of nitro benzene ring substituents is 1. The highest BCUT2D eigenvalue weighted by atomic mass is 79.9. The summed E-state index contributed by atoms with van der Waals surface area (Å²) in [5.74, 6) is -0.628. The molecule has 0 fully saturated rings. The molecule has 0 saturated heterocycles. The van der Waals surface area contributed by atoms with Crippen LogP contribution in [-0.2, 0) is 7.05 Å². The Kier molecular flexibility index (Phi) is 5.15. The smallest absolute Gasteiger partial charge is 0.286 e. The van der Waals surface area contributed by atoms with Crippen LogP contribution in [0.2, 0.25) is 0 Å². The second kappa shape index (κ2) is 7.35. The van der Waals surface area contributed by atoms with E-state index >= 15 is 0 Å².